The Kier molecular flexibility index (Phi) is 5.06. The summed E-state index contributed by atoms with van der Waals surface area (Å²) in [6.07, 6.45) is 5.81. The third-order valence-electron chi connectivity index (χ3n) is 4.06. The number of nitrogens with one attached hydrogen (secondary N) is 1. The number of nitrogens with two attached hydrogens (primary N) is 1. The van der Waals surface area contributed by atoms with Gasteiger partial charge in [0.25, 0.3) is 0 Å². The zero-order chi connectivity index (χ0) is 14.4. The van der Waals surface area contributed by atoms with Gasteiger partial charge in [-0.2, -0.15) is 4.98 Å². The predicted molar refractivity (Wildman–Crippen MR) is 80.9 cm³/mol. The molecule has 112 valence electrons. The largest absolute Gasteiger partial charge is 0.476 e. The number of ether oxygens (including phenoxy) is 1. The lowest BCUT2D eigenvalue weighted by Crippen LogP contribution is -2.35. The standard InChI is InChI=1S/C15H25N3O2/c1-2-20-14-12(16)6-7-13(18-14)17-10-15(11-19)8-4-3-5-9-15/h6-7,19H,2-5,8-11,16H2,1H3,(H,17,18). The minimum Gasteiger partial charge on any atom is -0.476 e. The van der Waals surface area contributed by atoms with Gasteiger partial charge in [-0.3, -0.25) is 0 Å². The summed E-state index contributed by atoms with van der Waals surface area (Å²) < 4.78 is 5.40. The summed E-state index contributed by atoms with van der Waals surface area (Å²) in [7, 11) is 0. The minimum atomic E-state index is -0.00685. The number of nitrogens with zero attached hydrogens (tertiary/aromatic N) is 1. The van der Waals surface area contributed by atoms with Crippen LogP contribution in [0.3, 0.4) is 0 Å². The second kappa shape index (κ2) is 6.79. The van der Waals surface area contributed by atoms with Gasteiger partial charge < -0.3 is 20.9 Å². The topological polar surface area (TPSA) is 80.4 Å². The van der Waals surface area contributed by atoms with Crippen molar-refractivity contribution < 1.29 is 9.84 Å². The fourth-order valence-corrected chi connectivity index (χ4v) is 2.77. The van der Waals surface area contributed by atoms with E-state index in [2.05, 4.69) is 10.3 Å². The molecule has 5 nitrogen and oxygen atoms in total. The summed E-state index contributed by atoms with van der Waals surface area (Å²) in [5.74, 6) is 1.22. The number of aliphatic hydroxyl groups is 1. The molecule has 1 aliphatic rings. The van der Waals surface area contributed by atoms with Crippen molar-refractivity contribution >= 4 is 11.5 Å². The van der Waals surface area contributed by atoms with Crippen molar-refractivity contribution in [2.75, 3.05) is 30.8 Å². The van der Waals surface area contributed by atoms with Crippen molar-refractivity contribution in [3.05, 3.63) is 12.1 Å². The minimum absolute atomic E-state index is 0.00685. The van der Waals surface area contributed by atoms with Crippen LogP contribution < -0.4 is 15.8 Å². The molecule has 0 aromatic carbocycles. The van der Waals surface area contributed by atoms with E-state index >= 15 is 0 Å². The number of anilines is 2. The van der Waals surface area contributed by atoms with Crippen molar-refractivity contribution in [2.45, 2.75) is 39.0 Å². The molecule has 0 saturated heterocycles. The Hall–Kier alpha value is -1.49. The van der Waals surface area contributed by atoms with Crippen molar-refractivity contribution in [2.24, 2.45) is 5.41 Å². The SMILES string of the molecule is CCOc1nc(NCC2(CO)CCCCC2)ccc1N. The van der Waals surface area contributed by atoms with Gasteiger partial charge in [-0.15, -0.1) is 0 Å². The molecule has 0 amide bonds. The number of rotatable bonds is 6. The first-order chi connectivity index (χ1) is 9.69. The second-order valence-electron chi connectivity index (χ2n) is 5.60. The van der Waals surface area contributed by atoms with Crippen LogP contribution in [0.2, 0.25) is 0 Å². The molecule has 0 radical (unpaired) electrons. The van der Waals surface area contributed by atoms with Gasteiger partial charge >= 0.3 is 0 Å². The highest BCUT2D eigenvalue weighted by atomic mass is 16.5. The summed E-state index contributed by atoms with van der Waals surface area (Å²) in [5.41, 5.74) is 6.35. The molecule has 1 heterocycles. The highest BCUT2D eigenvalue weighted by Crippen LogP contribution is 2.36. The first-order valence-electron chi connectivity index (χ1n) is 7.43. The van der Waals surface area contributed by atoms with Crippen LogP contribution >= 0.6 is 0 Å². The summed E-state index contributed by atoms with van der Waals surface area (Å²) in [4.78, 5) is 4.37. The number of hydrogen-bond donors (Lipinski definition) is 3. The molecule has 1 aromatic rings. The van der Waals surface area contributed by atoms with Crippen LogP contribution in [0.25, 0.3) is 0 Å². The van der Waals surface area contributed by atoms with Crippen LogP contribution in [0.15, 0.2) is 12.1 Å². The van der Waals surface area contributed by atoms with Gasteiger partial charge in [0.1, 0.15) is 5.82 Å². The number of hydrogen-bond acceptors (Lipinski definition) is 5. The van der Waals surface area contributed by atoms with Crippen molar-refractivity contribution in [3.63, 3.8) is 0 Å². The van der Waals surface area contributed by atoms with Crippen LogP contribution in [0.5, 0.6) is 5.88 Å². The van der Waals surface area contributed by atoms with E-state index in [1.54, 1.807) is 6.07 Å². The van der Waals surface area contributed by atoms with E-state index in [9.17, 15) is 5.11 Å². The third-order valence-corrected chi connectivity index (χ3v) is 4.06. The van der Waals surface area contributed by atoms with Gasteiger partial charge in [-0.05, 0) is 31.9 Å². The molecule has 1 aromatic heterocycles. The summed E-state index contributed by atoms with van der Waals surface area (Å²) in [6.45, 7) is 3.42. The van der Waals surface area contributed by atoms with E-state index < -0.39 is 0 Å². The lowest BCUT2D eigenvalue weighted by Gasteiger charge is -2.35. The van der Waals surface area contributed by atoms with Crippen LogP contribution in [-0.2, 0) is 0 Å². The van der Waals surface area contributed by atoms with Crippen LogP contribution in [0.4, 0.5) is 11.5 Å². The van der Waals surface area contributed by atoms with Crippen LogP contribution in [-0.4, -0.2) is 29.8 Å². The molecule has 0 unspecified atom stereocenters. The molecule has 0 aliphatic heterocycles. The molecule has 4 N–H and O–H groups in total. The van der Waals surface area contributed by atoms with E-state index in [0.717, 1.165) is 25.2 Å². The number of nitrogen functional groups attached to an aromatic ring is 1. The normalized spacial score (nSPS) is 17.7. The molecular formula is C15H25N3O2. The van der Waals surface area contributed by atoms with Gasteiger partial charge in [0.2, 0.25) is 5.88 Å². The van der Waals surface area contributed by atoms with E-state index in [-0.39, 0.29) is 12.0 Å². The van der Waals surface area contributed by atoms with E-state index in [4.69, 9.17) is 10.5 Å². The maximum absolute atomic E-state index is 9.70. The highest BCUT2D eigenvalue weighted by Gasteiger charge is 2.31. The average Bonchev–Trinajstić information content (AvgIpc) is 2.49. The number of aliphatic hydroxyl groups excluding tert-OH is 1. The Bertz CT molecular complexity index is 431. The quantitative estimate of drug-likeness (QED) is 0.745. The Morgan fingerprint density at radius 1 is 1.35 bits per heavy atom. The van der Waals surface area contributed by atoms with Crippen molar-refractivity contribution in [3.8, 4) is 5.88 Å². The summed E-state index contributed by atoms with van der Waals surface area (Å²) in [6, 6.07) is 3.65. The van der Waals surface area contributed by atoms with Gasteiger partial charge in [0, 0.05) is 12.0 Å². The van der Waals surface area contributed by atoms with E-state index in [1.165, 1.54) is 19.3 Å². The molecule has 1 saturated carbocycles. The molecule has 0 atom stereocenters. The monoisotopic (exact) mass is 279 g/mol. The fraction of sp³-hybridized carbons (Fsp3) is 0.667. The molecule has 20 heavy (non-hydrogen) atoms. The zero-order valence-electron chi connectivity index (χ0n) is 12.2. The zero-order valence-corrected chi connectivity index (χ0v) is 12.2. The van der Waals surface area contributed by atoms with Gasteiger partial charge in [0.15, 0.2) is 0 Å². The lowest BCUT2D eigenvalue weighted by atomic mass is 9.74. The first-order valence-corrected chi connectivity index (χ1v) is 7.43. The maximum atomic E-state index is 9.70. The first kappa shape index (κ1) is 14.9. The van der Waals surface area contributed by atoms with E-state index in [0.29, 0.717) is 18.2 Å². The van der Waals surface area contributed by atoms with Crippen LogP contribution in [0, 0.1) is 5.41 Å². The van der Waals surface area contributed by atoms with Gasteiger partial charge in [0.05, 0.1) is 18.9 Å². The predicted octanol–water partition coefficient (Wildman–Crippen LogP) is 2.42. The second-order valence-corrected chi connectivity index (χ2v) is 5.60. The van der Waals surface area contributed by atoms with Crippen molar-refractivity contribution in [1.29, 1.82) is 0 Å². The highest BCUT2D eigenvalue weighted by molar-refractivity contribution is 5.53. The molecule has 5 heteroatoms. The molecule has 0 spiro atoms. The Morgan fingerprint density at radius 2 is 2.10 bits per heavy atom. The average molecular weight is 279 g/mol. The Labute approximate surface area is 120 Å². The molecule has 0 bridgehead atoms. The number of pyridine rings is 1. The van der Waals surface area contributed by atoms with Gasteiger partial charge in [-0.1, -0.05) is 19.3 Å². The van der Waals surface area contributed by atoms with E-state index in [1.807, 2.05) is 13.0 Å². The third kappa shape index (κ3) is 3.54. The molecule has 1 aliphatic carbocycles. The molecular weight excluding hydrogens is 254 g/mol. The molecule has 2 rings (SSSR count). The fourth-order valence-electron chi connectivity index (χ4n) is 2.77. The lowest BCUT2D eigenvalue weighted by molar-refractivity contribution is 0.0943. The summed E-state index contributed by atoms with van der Waals surface area (Å²) >= 11 is 0. The molecule has 1 fully saturated rings. The van der Waals surface area contributed by atoms with Gasteiger partial charge in [-0.25, -0.2) is 0 Å². The Balaban J connectivity index is 2.00. The Morgan fingerprint density at radius 3 is 2.75 bits per heavy atom. The smallest absolute Gasteiger partial charge is 0.239 e. The van der Waals surface area contributed by atoms with Crippen molar-refractivity contribution in [1.82, 2.24) is 4.98 Å². The summed E-state index contributed by atoms with van der Waals surface area (Å²) in [5, 5.41) is 13.0. The van der Waals surface area contributed by atoms with Crippen LogP contribution in [0.1, 0.15) is 39.0 Å². The maximum Gasteiger partial charge on any atom is 0.239 e. The number of aromatic nitrogens is 1.